The molecule has 0 aliphatic carbocycles. The van der Waals surface area contributed by atoms with E-state index in [2.05, 4.69) is 15.0 Å². The zero-order valence-corrected chi connectivity index (χ0v) is 9.70. The second-order valence-electron chi connectivity index (χ2n) is 3.36. The van der Waals surface area contributed by atoms with E-state index in [0.717, 1.165) is 5.56 Å². The van der Waals surface area contributed by atoms with Gasteiger partial charge in [0.15, 0.2) is 5.16 Å². The Morgan fingerprint density at radius 1 is 1.29 bits per heavy atom. The fourth-order valence-electron chi connectivity index (χ4n) is 1.19. The summed E-state index contributed by atoms with van der Waals surface area (Å²) >= 11 is 1.38. The summed E-state index contributed by atoms with van der Waals surface area (Å²) in [6, 6.07) is 4.85. The first-order chi connectivity index (χ1) is 8.13. The lowest BCUT2D eigenvalue weighted by Crippen LogP contribution is -2.09. The van der Waals surface area contributed by atoms with Crippen molar-refractivity contribution in [2.75, 3.05) is 11.5 Å². The van der Waals surface area contributed by atoms with Crippen LogP contribution in [0.25, 0.3) is 0 Å². The number of anilines is 2. The molecule has 0 aliphatic heterocycles. The van der Waals surface area contributed by atoms with Crippen LogP contribution in [0.15, 0.2) is 34.3 Å². The quantitative estimate of drug-likeness (QED) is 0.543. The molecule has 17 heavy (non-hydrogen) atoms. The largest absolute Gasteiger partial charge is 0.384 e. The van der Waals surface area contributed by atoms with Gasteiger partial charge < -0.3 is 16.5 Å². The minimum Gasteiger partial charge on any atom is -0.384 e. The molecule has 0 bridgehead atoms. The van der Waals surface area contributed by atoms with Crippen molar-refractivity contribution in [2.45, 2.75) is 10.9 Å². The third-order valence-electron chi connectivity index (χ3n) is 1.96. The number of nitrogens with two attached hydrogens (primary N) is 2. The molecule has 0 amide bonds. The van der Waals surface area contributed by atoms with Crippen LogP contribution in [0, 0.1) is 0 Å². The van der Waals surface area contributed by atoms with E-state index in [1.807, 2.05) is 6.07 Å². The third kappa shape index (κ3) is 3.22. The van der Waals surface area contributed by atoms with E-state index in [4.69, 9.17) is 11.5 Å². The molecular formula is C10H11N5OS. The SMILES string of the molecule is Nc1ccc(CSc2nc(N)cc(=O)[nH]2)cn1. The minimum atomic E-state index is -0.254. The fraction of sp³-hybridized carbons (Fsp3) is 0.100. The lowest BCUT2D eigenvalue weighted by Gasteiger charge is -2.01. The van der Waals surface area contributed by atoms with E-state index >= 15 is 0 Å². The van der Waals surface area contributed by atoms with E-state index in [9.17, 15) is 4.79 Å². The molecule has 0 aromatic carbocycles. The minimum absolute atomic E-state index is 0.215. The number of thioether (sulfide) groups is 1. The Kier molecular flexibility index (Phi) is 3.29. The number of nitrogen functional groups attached to an aromatic ring is 2. The van der Waals surface area contributed by atoms with Gasteiger partial charge in [-0.25, -0.2) is 9.97 Å². The highest BCUT2D eigenvalue weighted by molar-refractivity contribution is 7.98. The van der Waals surface area contributed by atoms with Crippen molar-refractivity contribution in [3.63, 3.8) is 0 Å². The van der Waals surface area contributed by atoms with Crippen LogP contribution in [-0.2, 0) is 5.75 Å². The van der Waals surface area contributed by atoms with Gasteiger partial charge in [-0.2, -0.15) is 0 Å². The van der Waals surface area contributed by atoms with Crippen molar-refractivity contribution in [1.29, 1.82) is 0 Å². The lowest BCUT2D eigenvalue weighted by molar-refractivity contribution is 0.945. The summed E-state index contributed by atoms with van der Waals surface area (Å²) in [6.07, 6.45) is 1.69. The van der Waals surface area contributed by atoms with Gasteiger partial charge in [0, 0.05) is 18.0 Å². The highest BCUT2D eigenvalue weighted by atomic mass is 32.2. The summed E-state index contributed by atoms with van der Waals surface area (Å²) in [4.78, 5) is 21.7. The van der Waals surface area contributed by atoms with Crippen LogP contribution in [0.1, 0.15) is 5.56 Å². The van der Waals surface area contributed by atoms with Crippen molar-refractivity contribution >= 4 is 23.4 Å². The van der Waals surface area contributed by atoms with Crippen LogP contribution >= 0.6 is 11.8 Å². The highest BCUT2D eigenvalue weighted by Crippen LogP contribution is 2.18. The molecule has 2 rings (SSSR count). The predicted octanol–water partition coefficient (Wildman–Crippen LogP) is 0.622. The molecule has 0 atom stereocenters. The van der Waals surface area contributed by atoms with Crippen LogP contribution < -0.4 is 17.0 Å². The topological polar surface area (TPSA) is 111 Å². The van der Waals surface area contributed by atoms with E-state index < -0.39 is 0 Å². The maximum Gasteiger partial charge on any atom is 0.253 e. The molecule has 0 saturated heterocycles. The summed E-state index contributed by atoms with van der Waals surface area (Å²) in [5, 5.41) is 0.492. The van der Waals surface area contributed by atoms with Crippen molar-refractivity contribution in [3.05, 3.63) is 40.3 Å². The Labute approximate surface area is 101 Å². The van der Waals surface area contributed by atoms with Gasteiger partial charge in [-0.1, -0.05) is 17.8 Å². The fourth-order valence-corrected chi connectivity index (χ4v) is 2.01. The number of rotatable bonds is 3. The number of H-pyrrole nitrogens is 1. The summed E-state index contributed by atoms with van der Waals surface area (Å²) in [7, 11) is 0. The van der Waals surface area contributed by atoms with Gasteiger partial charge in [-0.05, 0) is 11.6 Å². The smallest absolute Gasteiger partial charge is 0.253 e. The van der Waals surface area contributed by atoms with E-state index in [1.165, 1.54) is 17.8 Å². The lowest BCUT2D eigenvalue weighted by atomic mass is 10.3. The van der Waals surface area contributed by atoms with Gasteiger partial charge in [0.25, 0.3) is 5.56 Å². The van der Waals surface area contributed by atoms with Crippen LogP contribution in [0.4, 0.5) is 11.6 Å². The molecule has 0 spiro atoms. The summed E-state index contributed by atoms with van der Waals surface area (Å²) in [5.74, 6) is 1.33. The van der Waals surface area contributed by atoms with Gasteiger partial charge >= 0.3 is 0 Å². The van der Waals surface area contributed by atoms with Crippen molar-refractivity contribution in [2.24, 2.45) is 0 Å². The highest BCUT2D eigenvalue weighted by Gasteiger charge is 2.01. The maximum atomic E-state index is 11.1. The van der Waals surface area contributed by atoms with Crippen LogP contribution in [0.5, 0.6) is 0 Å². The average molecular weight is 249 g/mol. The van der Waals surface area contributed by atoms with Crippen LogP contribution in [0.2, 0.25) is 0 Å². The summed E-state index contributed by atoms with van der Waals surface area (Å²) < 4.78 is 0. The maximum absolute atomic E-state index is 11.1. The first-order valence-corrected chi connectivity index (χ1v) is 5.82. The average Bonchev–Trinajstić information content (AvgIpc) is 2.27. The Hall–Kier alpha value is -2.02. The van der Waals surface area contributed by atoms with Crippen molar-refractivity contribution < 1.29 is 0 Å². The molecule has 88 valence electrons. The standard InChI is InChI=1S/C10H11N5OS/c11-7-2-1-6(4-13-7)5-17-10-14-8(12)3-9(16)15-10/h1-4H,5H2,(H2,11,13)(H3,12,14,15,16). The second-order valence-corrected chi connectivity index (χ2v) is 4.32. The summed E-state index contributed by atoms with van der Waals surface area (Å²) in [6.45, 7) is 0. The molecule has 5 N–H and O–H groups in total. The number of aromatic nitrogens is 3. The molecule has 0 aliphatic rings. The first kappa shape index (κ1) is 11.5. The van der Waals surface area contributed by atoms with Gasteiger partial charge in [0.2, 0.25) is 0 Å². The summed E-state index contributed by atoms with van der Waals surface area (Å²) in [5.41, 5.74) is 11.7. The molecule has 2 aromatic heterocycles. The normalized spacial score (nSPS) is 10.4. The van der Waals surface area contributed by atoms with E-state index in [-0.39, 0.29) is 11.4 Å². The molecular weight excluding hydrogens is 238 g/mol. The number of hydrogen-bond donors (Lipinski definition) is 3. The molecule has 2 aromatic rings. The Morgan fingerprint density at radius 3 is 2.76 bits per heavy atom. The molecule has 2 heterocycles. The molecule has 7 heteroatoms. The van der Waals surface area contributed by atoms with Crippen LogP contribution in [-0.4, -0.2) is 15.0 Å². The first-order valence-electron chi connectivity index (χ1n) is 4.83. The van der Waals surface area contributed by atoms with Gasteiger partial charge in [0.1, 0.15) is 11.6 Å². The number of pyridine rings is 1. The van der Waals surface area contributed by atoms with Gasteiger partial charge in [-0.3, -0.25) is 4.79 Å². The van der Waals surface area contributed by atoms with E-state index in [1.54, 1.807) is 12.3 Å². The predicted molar refractivity (Wildman–Crippen MR) is 67.5 cm³/mol. The van der Waals surface area contributed by atoms with Crippen molar-refractivity contribution in [1.82, 2.24) is 15.0 Å². The Balaban J connectivity index is 2.07. The van der Waals surface area contributed by atoms with Crippen LogP contribution in [0.3, 0.4) is 0 Å². The zero-order valence-electron chi connectivity index (χ0n) is 8.88. The zero-order chi connectivity index (χ0) is 12.3. The number of nitrogens with zero attached hydrogens (tertiary/aromatic N) is 2. The van der Waals surface area contributed by atoms with Gasteiger partial charge in [0.05, 0.1) is 0 Å². The molecule has 0 fully saturated rings. The number of nitrogens with one attached hydrogen (secondary N) is 1. The Bertz CT molecular complexity index is 566. The third-order valence-corrected chi connectivity index (χ3v) is 2.91. The Morgan fingerprint density at radius 2 is 2.12 bits per heavy atom. The molecule has 0 saturated carbocycles. The monoisotopic (exact) mass is 249 g/mol. The number of hydrogen-bond acceptors (Lipinski definition) is 6. The molecule has 6 nitrogen and oxygen atoms in total. The van der Waals surface area contributed by atoms with E-state index in [0.29, 0.717) is 16.7 Å². The van der Waals surface area contributed by atoms with Gasteiger partial charge in [-0.15, -0.1) is 0 Å². The molecule has 0 unspecified atom stereocenters. The number of aromatic amines is 1. The second kappa shape index (κ2) is 4.88. The van der Waals surface area contributed by atoms with Crippen molar-refractivity contribution in [3.8, 4) is 0 Å². The molecule has 0 radical (unpaired) electrons.